The number of aromatic amines is 1. The number of benzene rings is 1. The zero-order valence-electron chi connectivity index (χ0n) is 11.7. The number of ether oxygens (including phenoxy) is 1. The second-order valence-corrected chi connectivity index (χ2v) is 5.29. The van der Waals surface area contributed by atoms with Crippen LogP contribution in [0, 0.1) is 0 Å². The average Bonchev–Trinajstić information content (AvgIpc) is 2.99. The van der Waals surface area contributed by atoms with Gasteiger partial charge in [-0.2, -0.15) is 5.10 Å². The molecule has 0 aliphatic heterocycles. The zero-order chi connectivity index (χ0) is 15.8. The van der Waals surface area contributed by atoms with E-state index in [4.69, 9.17) is 27.9 Å². The topological polar surface area (TPSA) is 66.5 Å². The van der Waals surface area contributed by atoms with Crippen LogP contribution in [0.2, 0.25) is 10.0 Å². The number of nitrogens with zero attached hydrogens (tertiary/aromatic N) is 1. The minimum Gasteiger partial charge on any atom is -0.492 e. The van der Waals surface area contributed by atoms with Crippen LogP contribution in [-0.4, -0.2) is 23.7 Å². The normalized spacial score (nSPS) is 10.8. The van der Waals surface area contributed by atoms with Gasteiger partial charge in [0.2, 0.25) is 5.91 Å². The molecular weight excluding hydrogens is 325 g/mol. The van der Waals surface area contributed by atoms with Crippen molar-refractivity contribution in [2.24, 2.45) is 5.10 Å². The van der Waals surface area contributed by atoms with E-state index in [9.17, 15) is 4.79 Å². The van der Waals surface area contributed by atoms with E-state index in [1.165, 1.54) is 0 Å². The summed E-state index contributed by atoms with van der Waals surface area (Å²) in [5.41, 5.74) is 3.27. The molecule has 0 aliphatic rings. The van der Waals surface area contributed by atoms with E-state index in [1.807, 2.05) is 12.1 Å². The Bertz CT molecular complexity index is 642. The monoisotopic (exact) mass is 339 g/mol. The quantitative estimate of drug-likeness (QED) is 0.459. The summed E-state index contributed by atoms with van der Waals surface area (Å²) in [5.74, 6) is 0.379. The second-order valence-electron chi connectivity index (χ2n) is 4.45. The molecule has 0 spiro atoms. The van der Waals surface area contributed by atoms with Gasteiger partial charge in [0.25, 0.3) is 0 Å². The molecule has 0 aliphatic carbocycles. The molecule has 1 aromatic heterocycles. The molecule has 2 rings (SSSR count). The summed E-state index contributed by atoms with van der Waals surface area (Å²) in [7, 11) is 0. The lowest BCUT2D eigenvalue weighted by Gasteiger charge is -2.07. The third kappa shape index (κ3) is 5.42. The lowest BCUT2D eigenvalue weighted by atomic mass is 10.3. The van der Waals surface area contributed by atoms with Crippen LogP contribution in [0.1, 0.15) is 18.5 Å². The average molecular weight is 340 g/mol. The summed E-state index contributed by atoms with van der Waals surface area (Å²) in [6.45, 7) is 0.384. The van der Waals surface area contributed by atoms with Crippen molar-refractivity contribution in [2.45, 2.75) is 12.8 Å². The number of H-pyrrole nitrogens is 1. The summed E-state index contributed by atoms with van der Waals surface area (Å²) >= 11 is 11.8. The molecule has 5 nitrogen and oxygen atoms in total. The Morgan fingerprint density at radius 3 is 2.95 bits per heavy atom. The number of nitrogens with one attached hydrogen (secondary N) is 2. The number of hydrazone groups is 1. The number of hydrogen-bond acceptors (Lipinski definition) is 3. The molecule has 0 bridgehead atoms. The molecule has 2 aromatic rings. The predicted molar refractivity (Wildman–Crippen MR) is 87.7 cm³/mol. The Hall–Kier alpha value is -1.98. The summed E-state index contributed by atoms with van der Waals surface area (Å²) in [4.78, 5) is 14.5. The third-order valence-corrected chi connectivity index (χ3v) is 3.25. The smallest absolute Gasteiger partial charge is 0.240 e. The summed E-state index contributed by atoms with van der Waals surface area (Å²) < 4.78 is 5.49. The van der Waals surface area contributed by atoms with Crippen molar-refractivity contribution in [3.05, 3.63) is 52.3 Å². The van der Waals surface area contributed by atoms with Crippen LogP contribution in [0.3, 0.4) is 0 Å². The summed E-state index contributed by atoms with van der Waals surface area (Å²) in [6, 6.07) is 8.71. The Morgan fingerprint density at radius 2 is 2.23 bits per heavy atom. The maximum atomic E-state index is 11.6. The van der Waals surface area contributed by atoms with E-state index >= 15 is 0 Å². The van der Waals surface area contributed by atoms with Crippen molar-refractivity contribution >= 4 is 35.3 Å². The molecule has 0 saturated carbocycles. The van der Waals surface area contributed by atoms with Gasteiger partial charge in [0.1, 0.15) is 5.75 Å². The molecular formula is C15H15Cl2N3O2. The van der Waals surface area contributed by atoms with Gasteiger partial charge in [0, 0.05) is 17.6 Å². The van der Waals surface area contributed by atoms with Crippen molar-refractivity contribution in [1.82, 2.24) is 10.4 Å². The molecule has 1 aromatic carbocycles. The molecule has 2 N–H and O–H groups in total. The highest BCUT2D eigenvalue weighted by molar-refractivity contribution is 6.35. The van der Waals surface area contributed by atoms with Gasteiger partial charge in [0.05, 0.1) is 23.5 Å². The standard InChI is InChI=1S/C15H15Cl2N3O2/c16-11-5-6-14(13(17)9-11)22-8-2-4-15(21)20-19-10-12-3-1-7-18-12/h1,3,5-7,9-10,18H,2,4,8H2,(H,20,21). The largest absolute Gasteiger partial charge is 0.492 e. The summed E-state index contributed by atoms with van der Waals surface area (Å²) in [5, 5.41) is 4.85. The third-order valence-electron chi connectivity index (χ3n) is 2.71. The molecule has 0 unspecified atom stereocenters. The molecule has 7 heteroatoms. The first-order valence-electron chi connectivity index (χ1n) is 6.68. The van der Waals surface area contributed by atoms with Gasteiger partial charge in [-0.3, -0.25) is 4.79 Å². The highest BCUT2D eigenvalue weighted by Crippen LogP contribution is 2.27. The van der Waals surface area contributed by atoms with E-state index in [0.717, 1.165) is 5.69 Å². The first kappa shape index (κ1) is 16.4. The van der Waals surface area contributed by atoms with E-state index in [-0.39, 0.29) is 5.91 Å². The maximum Gasteiger partial charge on any atom is 0.240 e. The van der Waals surface area contributed by atoms with Gasteiger partial charge in [0.15, 0.2) is 0 Å². The fraction of sp³-hybridized carbons (Fsp3) is 0.200. The first-order valence-corrected chi connectivity index (χ1v) is 7.44. The van der Waals surface area contributed by atoms with Crippen LogP contribution >= 0.6 is 23.2 Å². The molecule has 1 heterocycles. The Morgan fingerprint density at radius 1 is 1.36 bits per heavy atom. The molecule has 0 radical (unpaired) electrons. The molecule has 116 valence electrons. The van der Waals surface area contributed by atoms with Crippen LogP contribution in [0.4, 0.5) is 0 Å². The van der Waals surface area contributed by atoms with Gasteiger partial charge in [-0.05, 0) is 36.8 Å². The Balaban J connectivity index is 1.64. The molecule has 0 saturated heterocycles. The van der Waals surface area contributed by atoms with Gasteiger partial charge >= 0.3 is 0 Å². The summed E-state index contributed by atoms with van der Waals surface area (Å²) in [6.07, 6.45) is 4.19. The minimum absolute atomic E-state index is 0.173. The number of halogens is 2. The van der Waals surface area contributed by atoms with Crippen molar-refractivity contribution in [3.8, 4) is 5.75 Å². The highest BCUT2D eigenvalue weighted by atomic mass is 35.5. The second kappa shape index (κ2) is 8.46. The number of rotatable bonds is 7. The minimum atomic E-state index is -0.173. The van der Waals surface area contributed by atoms with Gasteiger partial charge < -0.3 is 9.72 Å². The first-order chi connectivity index (χ1) is 10.6. The predicted octanol–water partition coefficient (Wildman–Crippen LogP) is 3.63. The van der Waals surface area contributed by atoms with E-state index < -0.39 is 0 Å². The van der Waals surface area contributed by atoms with Gasteiger partial charge in [-0.15, -0.1) is 0 Å². The SMILES string of the molecule is O=C(CCCOc1ccc(Cl)cc1Cl)NN=Cc1ccc[nH]1. The number of aromatic nitrogens is 1. The van der Waals surface area contributed by atoms with E-state index in [2.05, 4.69) is 15.5 Å². The number of carbonyl (C=O) groups excluding carboxylic acids is 1. The number of amides is 1. The van der Waals surface area contributed by atoms with Crippen LogP contribution < -0.4 is 10.2 Å². The molecule has 0 atom stereocenters. The number of hydrogen-bond donors (Lipinski definition) is 2. The highest BCUT2D eigenvalue weighted by Gasteiger charge is 2.04. The van der Waals surface area contributed by atoms with Gasteiger partial charge in [-0.1, -0.05) is 23.2 Å². The van der Waals surface area contributed by atoms with E-state index in [0.29, 0.717) is 35.2 Å². The van der Waals surface area contributed by atoms with Gasteiger partial charge in [-0.25, -0.2) is 5.43 Å². The molecule has 1 amide bonds. The lowest BCUT2D eigenvalue weighted by Crippen LogP contribution is -2.18. The fourth-order valence-corrected chi connectivity index (χ4v) is 2.12. The van der Waals surface area contributed by atoms with Crippen LogP contribution in [0.25, 0.3) is 0 Å². The maximum absolute atomic E-state index is 11.6. The van der Waals surface area contributed by atoms with Crippen molar-refractivity contribution in [3.63, 3.8) is 0 Å². The zero-order valence-corrected chi connectivity index (χ0v) is 13.2. The Labute approximate surface area is 138 Å². The Kier molecular flexibility index (Phi) is 6.30. The van der Waals surface area contributed by atoms with Crippen molar-refractivity contribution in [1.29, 1.82) is 0 Å². The van der Waals surface area contributed by atoms with Crippen LogP contribution in [-0.2, 0) is 4.79 Å². The van der Waals surface area contributed by atoms with Crippen molar-refractivity contribution < 1.29 is 9.53 Å². The number of carbonyl (C=O) groups is 1. The van der Waals surface area contributed by atoms with E-state index in [1.54, 1.807) is 30.6 Å². The van der Waals surface area contributed by atoms with Crippen molar-refractivity contribution in [2.75, 3.05) is 6.61 Å². The van der Waals surface area contributed by atoms with Crippen LogP contribution in [0.5, 0.6) is 5.75 Å². The fourth-order valence-electron chi connectivity index (χ4n) is 1.66. The molecule has 0 fully saturated rings. The lowest BCUT2D eigenvalue weighted by molar-refractivity contribution is -0.121. The molecule has 22 heavy (non-hydrogen) atoms. The van der Waals surface area contributed by atoms with Crippen LogP contribution in [0.15, 0.2) is 41.6 Å².